The molecular weight excluding hydrogens is 228 g/mol. The van der Waals surface area contributed by atoms with E-state index in [0.29, 0.717) is 13.1 Å². The lowest BCUT2D eigenvalue weighted by molar-refractivity contribution is 0.404. The second-order valence-electron chi connectivity index (χ2n) is 4.10. The van der Waals surface area contributed by atoms with Gasteiger partial charge in [0.05, 0.1) is 0 Å². The van der Waals surface area contributed by atoms with Crippen molar-refractivity contribution in [2.45, 2.75) is 13.1 Å². The molecule has 0 heterocycles. The largest absolute Gasteiger partial charge is 0.504 e. The van der Waals surface area contributed by atoms with Gasteiger partial charge in [0.1, 0.15) is 0 Å². The number of phenolic OH excluding ortho intramolecular Hbond substituents is 2. The molecule has 2 aromatic rings. The van der Waals surface area contributed by atoms with Crippen LogP contribution >= 0.6 is 0 Å². The van der Waals surface area contributed by atoms with Crippen molar-refractivity contribution in [3.8, 4) is 22.6 Å². The van der Waals surface area contributed by atoms with Crippen LogP contribution < -0.4 is 11.5 Å². The van der Waals surface area contributed by atoms with E-state index in [1.54, 1.807) is 6.07 Å². The van der Waals surface area contributed by atoms with Crippen molar-refractivity contribution >= 4 is 0 Å². The fourth-order valence-electron chi connectivity index (χ4n) is 1.89. The molecule has 0 aliphatic heterocycles. The third kappa shape index (κ3) is 2.30. The predicted molar refractivity (Wildman–Crippen MR) is 71.0 cm³/mol. The van der Waals surface area contributed by atoms with Crippen molar-refractivity contribution in [2.24, 2.45) is 11.5 Å². The summed E-state index contributed by atoms with van der Waals surface area (Å²) in [5, 5.41) is 18.9. The lowest BCUT2D eigenvalue weighted by Crippen LogP contribution is -2.02. The van der Waals surface area contributed by atoms with Gasteiger partial charge in [-0.05, 0) is 40.5 Å². The third-order valence-electron chi connectivity index (χ3n) is 2.92. The van der Waals surface area contributed by atoms with E-state index in [-0.39, 0.29) is 11.5 Å². The van der Waals surface area contributed by atoms with Gasteiger partial charge in [0, 0.05) is 13.1 Å². The second-order valence-corrected chi connectivity index (χ2v) is 4.10. The van der Waals surface area contributed by atoms with Crippen LogP contribution in [0.15, 0.2) is 36.4 Å². The number of hydrogen-bond acceptors (Lipinski definition) is 4. The first-order valence-corrected chi connectivity index (χ1v) is 5.70. The minimum Gasteiger partial charge on any atom is -0.504 e. The van der Waals surface area contributed by atoms with E-state index in [1.807, 2.05) is 18.2 Å². The molecule has 0 aliphatic rings. The molecule has 18 heavy (non-hydrogen) atoms. The van der Waals surface area contributed by atoms with Crippen LogP contribution in [0.4, 0.5) is 0 Å². The molecule has 0 spiro atoms. The predicted octanol–water partition coefficient (Wildman–Crippen LogP) is 1.68. The standard InChI is InChI=1S/C14H16N2O2/c15-7-9-1-2-11(8-16)12(5-9)10-3-4-13(17)14(18)6-10/h1-6,17-18H,7-8,15-16H2. The van der Waals surface area contributed by atoms with Crippen molar-refractivity contribution in [1.29, 1.82) is 0 Å². The Hall–Kier alpha value is -2.04. The molecule has 4 nitrogen and oxygen atoms in total. The van der Waals surface area contributed by atoms with Crippen LogP contribution in [0.25, 0.3) is 11.1 Å². The molecule has 94 valence electrons. The summed E-state index contributed by atoms with van der Waals surface area (Å²) in [5.41, 5.74) is 15.0. The molecule has 0 aromatic heterocycles. The molecular formula is C14H16N2O2. The fourth-order valence-corrected chi connectivity index (χ4v) is 1.89. The molecule has 0 amide bonds. The molecule has 0 bridgehead atoms. The Bertz CT molecular complexity index is 568. The Kier molecular flexibility index (Phi) is 3.50. The Morgan fingerprint density at radius 3 is 2.22 bits per heavy atom. The topological polar surface area (TPSA) is 92.5 Å². The maximum atomic E-state index is 9.55. The molecule has 0 aliphatic carbocycles. The van der Waals surface area contributed by atoms with Gasteiger partial charge in [-0.15, -0.1) is 0 Å². The molecule has 2 rings (SSSR count). The molecule has 0 saturated heterocycles. The van der Waals surface area contributed by atoms with Crippen LogP contribution in [0.3, 0.4) is 0 Å². The lowest BCUT2D eigenvalue weighted by Gasteiger charge is -2.11. The Morgan fingerprint density at radius 1 is 0.833 bits per heavy atom. The van der Waals surface area contributed by atoms with Crippen LogP contribution in [0.2, 0.25) is 0 Å². The Balaban J connectivity index is 2.57. The van der Waals surface area contributed by atoms with Gasteiger partial charge in [-0.1, -0.05) is 18.2 Å². The first-order chi connectivity index (χ1) is 8.65. The van der Waals surface area contributed by atoms with Gasteiger partial charge in [-0.2, -0.15) is 0 Å². The van der Waals surface area contributed by atoms with Crippen molar-refractivity contribution in [2.75, 3.05) is 0 Å². The number of aromatic hydroxyl groups is 2. The molecule has 0 saturated carbocycles. The van der Waals surface area contributed by atoms with E-state index in [9.17, 15) is 10.2 Å². The molecule has 0 fully saturated rings. The molecule has 0 radical (unpaired) electrons. The van der Waals surface area contributed by atoms with Crippen LogP contribution in [0.5, 0.6) is 11.5 Å². The highest BCUT2D eigenvalue weighted by atomic mass is 16.3. The Labute approximate surface area is 105 Å². The zero-order valence-corrected chi connectivity index (χ0v) is 9.93. The van der Waals surface area contributed by atoms with Crippen molar-refractivity contribution in [1.82, 2.24) is 0 Å². The van der Waals surface area contributed by atoms with Gasteiger partial charge in [-0.3, -0.25) is 0 Å². The van der Waals surface area contributed by atoms with Crippen molar-refractivity contribution in [3.63, 3.8) is 0 Å². The number of nitrogens with two attached hydrogens (primary N) is 2. The average Bonchev–Trinajstić information content (AvgIpc) is 2.41. The van der Waals surface area contributed by atoms with E-state index in [2.05, 4.69) is 0 Å². The maximum absolute atomic E-state index is 9.55. The first kappa shape index (κ1) is 12.4. The smallest absolute Gasteiger partial charge is 0.158 e. The summed E-state index contributed by atoms with van der Waals surface area (Å²) in [6.07, 6.45) is 0. The summed E-state index contributed by atoms with van der Waals surface area (Å²) < 4.78 is 0. The minimum absolute atomic E-state index is 0.136. The van der Waals surface area contributed by atoms with E-state index < -0.39 is 0 Å². The molecule has 0 atom stereocenters. The lowest BCUT2D eigenvalue weighted by atomic mass is 9.97. The molecule has 2 aromatic carbocycles. The normalized spacial score (nSPS) is 10.6. The second kappa shape index (κ2) is 5.08. The SMILES string of the molecule is NCc1ccc(CN)c(-c2ccc(O)c(O)c2)c1. The third-order valence-corrected chi connectivity index (χ3v) is 2.92. The van der Waals surface area contributed by atoms with Gasteiger partial charge < -0.3 is 21.7 Å². The van der Waals surface area contributed by atoms with E-state index >= 15 is 0 Å². The molecule has 6 N–H and O–H groups in total. The highest BCUT2D eigenvalue weighted by Gasteiger charge is 2.08. The van der Waals surface area contributed by atoms with Crippen molar-refractivity contribution in [3.05, 3.63) is 47.5 Å². The van der Waals surface area contributed by atoms with Gasteiger partial charge in [-0.25, -0.2) is 0 Å². The van der Waals surface area contributed by atoms with Crippen LogP contribution in [-0.4, -0.2) is 10.2 Å². The van der Waals surface area contributed by atoms with E-state index in [1.165, 1.54) is 12.1 Å². The van der Waals surface area contributed by atoms with Crippen LogP contribution in [0, 0.1) is 0 Å². The van der Waals surface area contributed by atoms with E-state index in [0.717, 1.165) is 22.3 Å². The summed E-state index contributed by atoms with van der Waals surface area (Å²) in [6.45, 7) is 0.851. The highest BCUT2D eigenvalue weighted by molar-refractivity contribution is 5.70. The average molecular weight is 244 g/mol. The summed E-state index contributed by atoms with van der Waals surface area (Å²) >= 11 is 0. The van der Waals surface area contributed by atoms with Gasteiger partial charge in [0.2, 0.25) is 0 Å². The van der Waals surface area contributed by atoms with Crippen LogP contribution in [0.1, 0.15) is 11.1 Å². The minimum atomic E-state index is -0.145. The summed E-state index contributed by atoms with van der Waals surface area (Å²) in [4.78, 5) is 0. The monoisotopic (exact) mass is 244 g/mol. The van der Waals surface area contributed by atoms with Gasteiger partial charge in [0.25, 0.3) is 0 Å². The number of phenols is 2. The molecule has 0 unspecified atom stereocenters. The van der Waals surface area contributed by atoms with E-state index in [4.69, 9.17) is 11.5 Å². The van der Waals surface area contributed by atoms with Crippen molar-refractivity contribution < 1.29 is 10.2 Å². The maximum Gasteiger partial charge on any atom is 0.158 e. The fraction of sp³-hybridized carbons (Fsp3) is 0.143. The highest BCUT2D eigenvalue weighted by Crippen LogP contribution is 2.32. The van der Waals surface area contributed by atoms with Gasteiger partial charge in [0.15, 0.2) is 11.5 Å². The van der Waals surface area contributed by atoms with Gasteiger partial charge >= 0.3 is 0 Å². The molecule has 4 heteroatoms. The Morgan fingerprint density at radius 2 is 1.61 bits per heavy atom. The number of benzene rings is 2. The number of hydrogen-bond donors (Lipinski definition) is 4. The first-order valence-electron chi connectivity index (χ1n) is 5.70. The summed E-state index contributed by atoms with van der Waals surface area (Å²) in [7, 11) is 0. The summed E-state index contributed by atoms with van der Waals surface area (Å²) in [6, 6.07) is 10.5. The summed E-state index contributed by atoms with van der Waals surface area (Å²) in [5.74, 6) is -0.281. The van der Waals surface area contributed by atoms with Crippen LogP contribution in [-0.2, 0) is 13.1 Å². The zero-order chi connectivity index (χ0) is 13.1. The zero-order valence-electron chi connectivity index (χ0n) is 9.93. The number of rotatable bonds is 3. The quantitative estimate of drug-likeness (QED) is 0.618.